The Bertz CT molecular complexity index is 445. The third-order valence-corrected chi connectivity index (χ3v) is 4.24. The fourth-order valence-electron chi connectivity index (χ4n) is 2.78. The lowest BCUT2D eigenvalue weighted by Gasteiger charge is -2.30. The first-order chi connectivity index (χ1) is 8.93. The highest BCUT2D eigenvalue weighted by Gasteiger charge is 2.26. The van der Waals surface area contributed by atoms with Gasteiger partial charge in [0.05, 0.1) is 7.11 Å². The Kier molecular flexibility index (Phi) is 4.57. The Labute approximate surface area is 125 Å². The van der Waals surface area contributed by atoms with Crippen LogP contribution >= 0.6 is 15.9 Å². The van der Waals surface area contributed by atoms with Crippen molar-refractivity contribution < 1.29 is 4.74 Å². The van der Waals surface area contributed by atoms with E-state index in [1.54, 1.807) is 7.11 Å². The molecule has 0 radical (unpaired) electrons. The lowest BCUT2D eigenvalue weighted by Crippen LogP contribution is -2.28. The van der Waals surface area contributed by atoms with Gasteiger partial charge in [-0.15, -0.1) is 0 Å². The van der Waals surface area contributed by atoms with Crippen molar-refractivity contribution in [1.82, 2.24) is 5.32 Å². The molecule has 1 aromatic carbocycles. The number of nitrogens with one attached hydrogen (secondary N) is 1. The second kappa shape index (κ2) is 5.84. The number of hydrogen-bond acceptors (Lipinski definition) is 2. The normalized spacial score (nSPS) is 20.4. The first kappa shape index (κ1) is 14.9. The lowest BCUT2D eigenvalue weighted by atomic mass is 9.83. The minimum atomic E-state index is 0.0819. The van der Waals surface area contributed by atoms with Crippen LogP contribution in [0.2, 0.25) is 0 Å². The first-order valence-corrected chi connectivity index (χ1v) is 7.84. The molecular weight excluding hydrogens is 302 g/mol. The number of rotatable bonds is 2. The van der Waals surface area contributed by atoms with Gasteiger partial charge in [0.1, 0.15) is 5.75 Å². The molecule has 0 aliphatic carbocycles. The van der Waals surface area contributed by atoms with Crippen LogP contribution in [0, 0.1) is 0 Å². The molecule has 2 rings (SSSR count). The summed E-state index contributed by atoms with van der Waals surface area (Å²) in [6.45, 7) is 7.80. The third kappa shape index (κ3) is 3.32. The van der Waals surface area contributed by atoms with Crippen molar-refractivity contribution in [2.45, 2.75) is 51.5 Å². The van der Waals surface area contributed by atoms with Crippen LogP contribution in [0.3, 0.4) is 0 Å². The third-order valence-electron chi connectivity index (χ3n) is 3.78. The van der Waals surface area contributed by atoms with Crippen LogP contribution in [0.25, 0.3) is 0 Å². The van der Waals surface area contributed by atoms with Gasteiger partial charge in [0.25, 0.3) is 0 Å². The minimum Gasteiger partial charge on any atom is -0.496 e. The van der Waals surface area contributed by atoms with Gasteiger partial charge < -0.3 is 10.1 Å². The van der Waals surface area contributed by atoms with E-state index in [4.69, 9.17) is 4.74 Å². The molecule has 19 heavy (non-hydrogen) atoms. The fraction of sp³-hybridized carbons (Fsp3) is 0.625. The van der Waals surface area contributed by atoms with Gasteiger partial charge in [-0.2, -0.15) is 0 Å². The minimum absolute atomic E-state index is 0.0819. The molecule has 1 heterocycles. The molecule has 1 N–H and O–H groups in total. The summed E-state index contributed by atoms with van der Waals surface area (Å²) in [7, 11) is 1.78. The van der Waals surface area contributed by atoms with Gasteiger partial charge in [-0.3, -0.25) is 0 Å². The monoisotopic (exact) mass is 325 g/mol. The van der Waals surface area contributed by atoms with Crippen LogP contribution in [0.1, 0.15) is 57.2 Å². The predicted molar refractivity (Wildman–Crippen MR) is 84.0 cm³/mol. The first-order valence-electron chi connectivity index (χ1n) is 7.05. The maximum absolute atomic E-state index is 5.75. The topological polar surface area (TPSA) is 21.3 Å². The van der Waals surface area contributed by atoms with E-state index in [0.29, 0.717) is 6.04 Å². The molecule has 0 saturated carbocycles. The molecular formula is C16H24BrNO. The largest absolute Gasteiger partial charge is 0.496 e. The zero-order valence-corrected chi connectivity index (χ0v) is 13.9. The molecule has 2 nitrogen and oxygen atoms in total. The average Bonchev–Trinajstić information content (AvgIpc) is 2.37. The van der Waals surface area contributed by atoms with E-state index in [9.17, 15) is 0 Å². The van der Waals surface area contributed by atoms with Gasteiger partial charge in [-0.25, -0.2) is 0 Å². The Morgan fingerprint density at radius 1 is 1.26 bits per heavy atom. The maximum atomic E-state index is 5.75. The zero-order chi connectivity index (χ0) is 14.0. The molecule has 3 heteroatoms. The highest BCUT2D eigenvalue weighted by atomic mass is 79.9. The lowest BCUT2D eigenvalue weighted by molar-refractivity contribution is 0.363. The fourth-order valence-corrected chi connectivity index (χ4v) is 3.25. The van der Waals surface area contributed by atoms with Crippen LogP contribution in [-0.4, -0.2) is 13.7 Å². The summed E-state index contributed by atoms with van der Waals surface area (Å²) in [6, 6.07) is 4.81. The molecule has 0 aromatic heterocycles. The van der Waals surface area contributed by atoms with E-state index >= 15 is 0 Å². The molecule has 0 amide bonds. The number of methoxy groups -OCH3 is 1. The molecule has 1 aromatic rings. The van der Waals surface area contributed by atoms with Crippen LogP contribution in [-0.2, 0) is 5.41 Å². The average molecular weight is 326 g/mol. The van der Waals surface area contributed by atoms with Crippen molar-refractivity contribution in [2.75, 3.05) is 13.7 Å². The SMILES string of the molecule is COc1c(C2CCCCN2)cc(Br)cc1C(C)(C)C. The number of halogens is 1. The Hall–Kier alpha value is -0.540. The summed E-state index contributed by atoms with van der Waals surface area (Å²) >= 11 is 3.65. The maximum Gasteiger partial charge on any atom is 0.127 e. The molecule has 1 aliphatic rings. The predicted octanol–water partition coefficient (Wildman–Crippen LogP) is 4.57. The molecule has 0 spiro atoms. The molecule has 106 valence electrons. The molecule has 1 fully saturated rings. The number of ether oxygens (including phenoxy) is 1. The Morgan fingerprint density at radius 3 is 2.53 bits per heavy atom. The Balaban J connectivity index is 2.50. The van der Waals surface area contributed by atoms with Crippen molar-refractivity contribution in [3.8, 4) is 5.75 Å². The van der Waals surface area contributed by atoms with Gasteiger partial charge >= 0.3 is 0 Å². The quantitative estimate of drug-likeness (QED) is 0.859. The van der Waals surface area contributed by atoms with Gasteiger partial charge in [0.2, 0.25) is 0 Å². The van der Waals surface area contributed by atoms with E-state index < -0.39 is 0 Å². The summed E-state index contributed by atoms with van der Waals surface area (Å²) < 4.78 is 6.89. The summed E-state index contributed by atoms with van der Waals surface area (Å²) in [5, 5.41) is 3.62. The van der Waals surface area contributed by atoms with Crippen molar-refractivity contribution in [1.29, 1.82) is 0 Å². The molecule has 1 aliphatic heterocycles. The molecule has 1 unspecified atom stereocenters. The molecule has 0 bridgehead atoms. The van der Waals surface area contributed by atoms with Crippen LogP contribution in [0.5, 0.6) is 5.75 Å². The van der Waals surface area contributed by atoms with Crippen LogP contribution in [0.4, 0.5) is 0 Å². The van der Waals surface area contributed by atoms with E-state index in [2.05, 4.69) is 54.2 Å². The van der Waals surface area contributed by atoms with Gasteiger partial charge in [-0.1, -0.05) is 43.1 Å². The standard InChI is InChI=1S/C16H24BrNO/c1-16(2,3)13-10-11(17)9-12(15(13)19-4)14-7-5-6-8-18-14/h9-10,14,18H,5-8H2,1-4H3. The summed E-state index contributed by atoms with van der Waals surface area (Å²) in [5.74, 6) is 1.05. The highest BCUT2D eigenvalue weighted by Crippen LogP contribution is 2.40. The van der Waals surface area contributed by atoms with Gasteiger partial charge in [0, 0.05) is 21.6 Å². The highest BCUT2D eigenvalue weighted by molar-refractivity contribution is 9.10. The van der Waals surface area contributed by atoms with E-state index in [-0.39, 0.29) is 5.41 Å². The summed E-state index contributed by atoms with van der Waals surface area (Å²) in [4.78, 5) is 0. The Morgan fingerprint density at radius 2 is 2.00 bits per heavy atom. The van der Waals surface area contributed by atoms with E-state index in [1.165, 1.54) is 30.4 Å². The van der Waals surface area contributed by atoms with Gasteiger partial charge in [-0.05, 0) is 36.9 Å². The summed E-state index contributed by atoms with van der Waals surface area (Å²) in [6.07, 6.45) is 3.76. The van der Waals surface area contributed by atoms with Crippen molar-refractivity contribution in [3.63, 3.8) is 0 Å². The molecule has 1 saturated heterocycles. The molecule has 1 atom stereocenters. The summed E-state index contributed by atoms with van der Waals surface area (Å²) in [5.41, 5.74) is 2.65. The number of benzene rings is 1. The second-order valence-corrected chi connectivity index (χ2v) is 7.24. The van der Waals surface area contributed by atoms with Crippen LogP contribution < -0.4 is 10.1 Å². The van der Waals surface area contributed by atoms with Crippen molar-refractivity contribution in [2.24, 2.45) is 0 Å². The smallest absolute Gasteiger partial charge is 0.127 e. The van der Waals surface area contributed by atoms with E-state index in [0.717, 1.165) is 16.8 Å². The number of hydrogen-bond donors (Lipinski definition) is 1. The number of piperidine rings is 1. The van der Waals surface area contributed by atoms with E-state index in [1.807, 2.05) is 0 Å². The van der Waals surface area contributed by atoms with Crippen LogP contribution in [0.15, 0.2) is 16.6 Å². The van der Waals surface area contributed by atoms with Crippen molar-refractivity contribution in [3.05, 3.63) is 27.7 Å². The zero-order valence-electron chi connectivity index (χ0n) is 12.3. The second-order valence-electron chi connectivity index (χ2n) is 6.33. The van der Waals surface area contributed by atoms with Crippen molar-refractivity contribution >= 4 is 15.9 Å². The van der Waals surface area contributed by atoms with Gasteiger partial charge in [0.15, 0.2) is 0 Å².